The van der Waals surface area contributed by atoms with E-state index in [2.05, 4.69) is 6.58 Å². The standard InChI is InChI=1S/C7H12F2/c1-5(6(8)9)7(2,3)4/h6H,1H2,2-4H3. The predicted molar refractivity (Wildman–Crippen MR) is 34.6 cm³/mol. The maximum atomic E-state index is 11.8. The Balaban J connectivity index is 4.06. The van der Waals surface area contributed by atoms with Crippen LogP contribution in [-0.4, -0.2) is 6.43 Å². The first-order valence-electron chi connectivity index (χ1n) is 2.83. The first-order valence-corrected chi connectivity index (χ1v) is 2.83. The molecule has 0 aliphatic rings. The highest BCUT2D eigenvalue weighted by Crippen LogP contribution is 2.28. The van der Waals surface area contributed by atoms with Gasteiger partial charge in [0.25, 0.3) is 6.43 Å². The van der Waals surface area contributed by atoms with Crippen LogP contribution in [0, 0.1) is 5.41 Å². The lowest BCUT2D eigenvalue weighted by Crippen LogP contribution is -2.14. The first kappa shape index (κ1) is 8.60. The van der Waals surface area contributed by atoms with Crippen LogP contribution in [0.25, 0.3) is 0 Å². The molecule has 0 nitrogen and oxygen atoms in total. The van der Waals surface area contributed by atoms with Gasteiger partial charge in [-0.2, -0.15) is 0 Å². The lowest BCUT2D eigenvalue weighted by atomic mass is 9.88. The lowest BCUT2D eigenvalue weighted by molar-refractivity contribution is 0.163. The fraction of sp³-hybridized carbons (Fsp3) is 0.714. The average Bonchev–Trinajstić information content (AvgIpc) is 1.62. The molecule has 0 aliphatic heterocycles. The van der Waals surface area contributed by atoms with Crippen molar-refractivity contribution in [2.45, 2.75) is 27.2 Å². The summed E-state index contributed by atoms with van der Waals surface area (Å²) in [6, 6.07) is 0. The summed E-state index contributed by atoms with van der Waals surface area (Å²) in [6.45, 7) is 8.45. The summed E-state index contributed by atoms with van der Waals surface area (Å²) in [7, 11) is 0. The summed E-state index contributed by atoms with van der Waals surface area (Å²) < 4.78 is 23.6. The Morgan fingerprint density at radius 2 is 1.67 bits per heavy atom. The van der Waals surface area contributed by atoms with Gasteiger partial charge >= 0.3 is 0 Å². The normalized spacial score (nSPS) is 12.2. The third-order valence-corrected chi connectivity index (χ3v) is 1.23. The van der Waals surface area contributed by atoms with Crippen LogP contribution in [0.1, 0.15) is 20.8 Å². The van der Waals surface area contributed by atoms with E-state index >= 15 is 0 Å². The van der Waals surface area contributed by atoms with Gasteiger partial charge in [-0.05, 0) is 11.0 Å². The van der Waals surface area contributed by atoms with Gasteiger partial charge in [-0.25, -0.2) is 8.78 Å². The Hall–Kier alpha value is -0.400. The van der Waals surface area contributed by atoms with Gasteiger partial charge in [-0.15, -0.1) is 0 Å². The Labute approximate surface area is 54.6 Å². The van der Waals surface area contributed by atoms with E-state index in [1.54, 1.807) is 20.8 Å². The zero-order valence-corrected chi connectivity index (χ0v) is 6.04. The molecule has 0 aromatic heterocycles. The molecule has 0 spiro atoms. The van der Waals surface area contributed by atoms with Crippen molar-refractivity contribution < 1.29 is 8.78 Å². The summed E-state index contributed by atoms with van der Waals surface area (Å²) in [5.74, 6) is 0. The highest BCUT2D eigenvalue weighted by molar-refractivity contribution is 5.07. The van der Waals surface area contributed by atoms with Gasteiger partial charge < -0.3 is 0 Å². The molecule has 0 heterocycles. The van der Waals surface area contributed by atoms with E-state index in [0.29, 0.717) is 0 Å². The molecule has 54 valence electrons. The van der Waals surface area contributed by atoms with E-state index in [1.807, 2.05) is 0 Å². The Morgan fingerprint density at radius 3 is 1.67 bits per heavy atom. The van der Waals surface area contributed by atoms with E-state index in [9.17, 15) is 8.78 Å². The van der Waals surface area contributed by atoms with E-state index in [0.717, 1.165) is 0 Å². The van der Waals surface area contributed by atoms with Crippen LogP contribution in [0.3, 0.4) is 0 Å². The van der Waals surface area contributed by atoms with E-state index in [4.69, 9.17) is 0 Å². The molecule has 0 bridgehead atoms. The summed E-state index contributed by atoms with van der Waals surface area (Å²) in [6.07, 6.45) is -2.38. The zero-order chi connectivity index (χ0) is 7.65. The number of hydrogen-bond donors (Lipinski definition) is 0. The molecule has 0 rings (SSSR count). The largest absolute Gasteiger partial charge is 0.260 e. The van der Waals surface area contributed by atoms with Crippen molar-refractivity contribution in [3.63, 3.8) is 0 Å². The van der Waals surface area contributed by atoms with Crippen LogP contribution in [0.15, 0.2) is 12.2 Å². The fourth-order valence-corrected chi connectivity index (χ4v) is 0.327. The Morgan fingerprint density at radius 1 is 1.33 bits per heavy atom. The molecule has 0 radical (unpaired) electrons. The minimum atomic E-state index is -2.38. The molecule has 0 saturated heterocycles. The second kappa shape index (κ2) is 2.46. The van der Waals surface area contributed by atoms with Crippen LogP contribution in [0.4, 0.5) is 8.78 Å². The van der Waals surface area contributed by atoms with Gasteiger partial charge in [0.15, 0.2) is 0 Å². The molecule has 2 heteroatoms. The van der Waals surface area contributed by atoms with Crippen molar-refractivity contribution in [1.29, 1.82) is 0 Å². The van der Waals surface area contributed by atoms with Crippen molar-refractivity contribution in [3.8, 4) is 0 Å². The number of halogens is 2. The molecule has 0 aliphatic carbocycles. The van der Waals surface area contributed by atoms with E-state index < -0.39 is 11.8 Å². The smallest absolute Gasteiger partial charge is 0.205 e. The molecule has 0 unspecified atom stereocenters. The molecule has 9 heavy (non-hydrogen) atoms. The van der Waals surface area contributed by atoms with Gasteiger partial charge in [0.1, 0.15) is 0 Å². The topological polar surface area (TPSA) is 0 Å². The molecule has 0 amide bonds. The highest BCUT2D eigenvalue weighted by atomic mass is 19.3. The minimum Gasteiger partial charge on any atom is -0.205 e. The van der Waals surface area contributed by atoms with Crippen LogP contribution in [0.5, 0.6) is 0 Å². The maximum absolute atomic E-state index is 11.8. The second-order valence-corrected chi connectivity index (χ2v) is 3.08. The molecule has 0 aromatic rings. The first-order chi connectivity index (χ1) is 3.85. The molecular formula is C7H12F2. The van der Waals surface area contributed by atoms with Gasteiger partial charge in [-0.1, -0.05) is 27.4 Å². The monoisotopic (exact) mass is 134 g/mol. The lowest BCUT2D eigenvalue weighted by Gasteiger charge is -2.20. The van der Waals surface area contributed by atoms with Crippen LogP contribution in [0.2, 0.25) is 0 Å². The third-order valence-electron chi connectivity index (χ3n) is 1.23. The zero-order valence-electron chi connectivity index (χ0n) is 6.04. The molecule has 0 fully saturated rings. The van der Waals surface area contributed by atoms with Crippen molar-refractivity contribution in [3.05, 3.63) is 12.2 Å². The van der Waals surface area contributed by atoms with Gasteiger partial charge in [-0.3, -0.25) is 0 Å². The predicted octanol–water partition coefficient (Wildman–Crippen LogP) is 2.85. The van der Waals surface area contributed by atoms with Gasteiger partial charge in [0, 0.05) is 0 Å². The molecular weight excluding hydrogens is 122 g/mol. The van der Waals surface area contributed by atoms with Crippen LogP contribution >= 0.6 is 0 Å². The van der Waals surface area contributed by atoms with Crippen LogP contribution in [-0.2, 0) is 0 Å². The summed E-state index contributed by atoms with van der Waals surface area (Å²) >= 11 is 0. The minimum absolute atomic E-state index is 0.00231. The van der Waals surface area contributed by atoms with Crippen molar-refractivity contribution >= 4 is 0 Å². The van der Waals surface area contributed by atoms with Crippen molar-refractivity contribution in [2.75, 3.05) is 0 Å². The second-order valence-electron chi connectivity index (χ2n) is 3.08. The molecule has 0 atom stereocenters. The van der Waals surface area contributed by atoms with E-state index in [1.165, 1.54) is 0 Å². The quantitative estimate of drug-likeness (QED) is 0.484. The Kier molecular flexibility index (Phi) is 2.35. The average molecular weight is 134 g/mol. The number of allylic oxidation sites excluding steroid dienone is 1. The Bertz CT molecular complexity index is 109. The molecule has 0 aromatic carbocycles. The number of alkyl halides is 2. The van der Waals surface area contributed by atoms with Gasteiger partial charge in [0.05, 0.1) is 0 Å². The van der Waals surface area contributed by atoms with Crippen molar-refractivity contribution in [2.24, 2.45) is 5.41 Å². The third kappa shape index (κ3) is 2.59. The van der Waals surface area contributed by atoms with Crippen LogP contribution < -0.4 is 0 Å². The molecule has 0 N–H and O–H groups in total. The highest BCUT2D eigenvalue weighted by Gasteiger charge is 2.22. The van der Waals surface area contributed by atoms with E-state index in [-0.39, 0.29) is 5.57 Å². The number of rotatable bonds is 1. The number of hydrogen-bond acceptors (Lipinski definition) is 0. The SMILES string of the molecule is C=C(C(F)F)C(C)(C)C. The van der Waals surface area contributed by atoms with Crippen molar-refractivity contribution in [1.82, 2.24) is 0 Å². The summed E-state index contributed by atoms with van der Waals surface area (Å²) in [5.41, 5.74) is -0.462. The van der Waals surface area contributed by atoms with Gasteiger partial charge in [0.2, 0.25) is 0 Å². The maximum Gasteiger partial charge on any atom is 0.260 e. The summed E-state index contributed by atoms with van der Waals surface area (Å²) in [4.78, 5) is 0. The molecule has 0 saturated carbocycles. The fourth-order valence-electron chi connectivity index (χ4n) is 0.327. The summed E-state index contributed by atoms with van der Waals surface area (Å²) in [5, 5.41) is 0.